The van der Waals surface area contributed by atoms with Gasteiger partial charge in [0.15, 0.2) is 23.1 Å². The third-order valence-electron chi connectivity index (χ3n) is 20.2. The van der Waals surface area contributed by atoms with Gasteiger partial charge in [-0.25, -0.2) is 4.79 Å². The van der Waals surface area contributed by atoms with Crippen LogP contribution in [0.1, 0.15) is 119 Å². The van der Waals surface area contributed by atoms with E-state index in [0.29, 0.717) is 29.5 Å². The van der Waals surface area contributed by atoms with Gasteiger partial charge in [0.25, 0.3) is 0 Å². The van der Waals surface area contributed by atoms with Crippen molar-refractivity contribution < 1.29 is 198 Å². The summed E-state index contributed by atoms with van der Waals surface area (Å²) >= 11 is 7.73. The maximum Gasteiger partial charge on any atom is 0.327 e. The van der Waals surface area contributed by atoms with Crippen LogP contribution in [0.25, 0.3) is 0 Å². The van der Waals surface area contributed by atoms with Crippen molar-refractivity contribution in [3.05, 3.63) is 70.8 Å². The molecule has 10 amide bonds. The van der Waals surface area contributed by atoms with Crippen LogP contribution in [-0.4, -0.2) is 369 Å². The van der Waals surface area contributed by atoms with Gasteiger partial charge in [0.1, 0.15) is 42.7 Å². The van der Waals surface area contributed by atoms with Gasteiger partial charge in [-0.1, -0.05) is 55.5 Å². The van der Waals surface area contributed by atoms with Gasteiger partial charge >= 0.3 is 35.8 Å². The molecule has 0 aliphatic heterocycles. The fourth-order valence-corrected chi connectivity index (χ4v) is 12.8. The predicted molar refractivity (Wildman–Crippen MR) is 453 cm³/mol. The van der Waals surface area contributed by atoms with Crippen molar-refractivity contribution in [1.82, 2.24) is 53.2 Å². The first-order valence-electron chi connectivity index (χ1n) is 40.8. The quantitative estimate of drug-likeness (QED) is 0.0216. The maximum absolute atomic E-state index is 14.5. The number of carboxylic acids is 6. The molecule has 0 aromatic heterocycles. The van der Waals surface area contributed by atoms with Crippen molar-refractivity contribution in [2.45, 2.75) is 220 Å². The molecule has 52 heteroatoms. The number of rotatable bonds is 69. The van der Waals surface area contributed by atoms with Crippen LogP contribution in [-0.2, 0) is 122 Å². The summed E-state index contributed by atoms with van der Waals surface area (Å²) in [4.78, 5) is 253. The largest absolute Gasteiger partial charge is 0.481 e. The highest BCUT2D eigenvalue weighted by molar-refractivity contribution is 7.80. The standard InChI is InChI=1S/C58H91N7O30S.C22H27N3O10S/c1-27(42(76)22-66)51(87)39(73)19-60-46(80)11-8-35(38(72)15-32(25-96)58(94)95)65-57(93)31(17-50(85)86)14-37(71)34(7-10-47(81)62-21-41(75)53(89)55(91)44(78)24-68)64-56(92)30(16-49(83)84)13-36(70)33(63-48(82)12-28-2-4-29(5-3-28)18-59-26-69)6-9-45(79)61-20-40(74)52(88)54(90)43(77)23-67;26-11-23-9-13-3-1-12(2-4-13)5-18(28)24-15(8-20(31)32)17(27)6-14(7-19(29)30)21(33)25-16(10-36)22(34)35/h2-5,26-27,30-35,39-44,51-55,66-68,73-78,87-91,96H,6-25H2,1H3,(H,59,69)(H,60,80)(H,61,79)(H,62,81)(H,63,82)(H,64,92)(H,65,93)(H,83,84)(H,85,86)(H,94,95);1-4,11,14-16,36H,5-10H2,(H,23,26)(H,24,28)(H,25,33)(H,29,30)(H,31,32)(H,34,35)/t27-,30-,31-,32-,33+,34+,35+,39+,40+,41+,42-,43-,44-,51+,52-,53-,54-,55-;14-,15-,16-/m11/s1. The Kier molecular flexibility index (Phi) is 56.7. The van der Waals surface area contributed by atoms with Crippen LogP contribution < -0.4 is 53.2 Å². The van der Waals surface area contributed by atoms with Gasteiger partial charge in [0.05, 0.1) is 137 Å². The van der Waals surface area contributed by atoms with Gasteiger partial charge in [0, 0.05) is 95.1 Å². The Morgan fingerprint density at radius 2 is 0.598 bits per heavy atom. The van der Waals surface area contributed by atoms with Gasteiger partial charge in [0.2, 0.25) is 60.1 Å². The molecule has 50 nitrogen and oxygen atoms in total. The molecule has 0 saturated heterocycles. The Labute approximate surface area is 763 Å². The zero-order valence-corrected chi connectivity index (χ0v) is 73.1. The molecule has 21 atom stereocenters. The van der Waals surface area contributed by atoms with Crippen molar-refractivity contribution in [2.75, 3.05) is 51.0 Å². The normalized spacial score (nSPS) is 15.9. The fourth-order valence-electron chi connectivity index (χ4n) is 12.3. The molecule has 0 radical (unpaired) electrons. The number of hydrogen-bond donors (Lipinski definition) is 32. The molecule has 2 rings (SSSR count). The first-order valence-corrected chi connectivity index (χ1v) is 42.0. The Bertz CT molecular complexity index is 4140. The number of nitrogens with one attached hydrogen (secondary N) is 10. The third-order valence-corrected chi connectivity index (χ3v) is 21.0. The molecule has 0 unspecified atom stereocenters. The van der Waals surface area contributed by atoms with Crippen LogP contribution in [0.5, 0.6) is 0 Å². The number of aliphatic carboxylic acids is 6. The lowest BCUT2D eigenvalue weighted by molar-refractivity contribution is -0.145. The molecule has 740 valence electrons. The van der Waals surface area contributed by atoms with Crippen molar-refractivity contribution in [3.63, 3.8) is 0 Å². The Hall–Kier alpha value is -11.2. The SMILES string of the molecule is C[C@@H]([C@H](O)[C@@H](O)CNC(=O)CC[C@H](NC(=O)[C@@H](CC(=O)O)CC(=O)[C@H](CCC(=O)NC[C@H](O)[C@@H](O)[C@H](O)[C@H](O)CO)NC(=O)[C@@H](CC(=O)O)CC(=O)[C@H](CCC(=O)NC[C@H](O)[C@@H](O)[C@H](O)[C@H](O)CO)NC(=O)Cc1ccc(CNC=O)cc1)C(=O)C[C@H](CS)C(=O)O)[C@H](O)CO.O=CNCc1ccc(CC(=O)N[C@H](CC(=O)O)C(=O)C[C@H](CC(=O)O)C(=O)N[C@H](CS)C(=O)O)cc1. The highest BCUT2D eigenvalue weighted by Gasteiger charge is 2.40. The number of carboxylic acid groups (broad SMARTS) is 6. The number of benzene rings is 2. The van der Waals surface area contributed by atoms with E-state index in [4.69, 9.17) is 25.5 Å². The third kappa shape index (κ3) is 46.2. The van der Waals surface area contributed by atoms with Crippen molar-refractivity contribution in [1.29, 1.82) is 0 Å². The monoisotopic (exact) mass is 1920 g/mol. The summed E-state index contributed by atoms with van der Waals surface area (Å²) in [6, 6.07) is 4.02. The number of amides is 10. The number of ketones is 4. The van der Waals surface area contributed by atoms with E-state index in [2.05, 4.69) is 78.4 Å². The summed E-state index contributed by atoms with van der Waals surface area (Å²) < 4.78 is 0. The molecular formula is C80H118N10O40S2. The molecular weight excluding hydrogens is 1810 g/mol. The van der Waals surface area contributed by atoms with E-state index in [1.165, 1.54) is 19.1 Å². The van der Waals surface area contributed by atoms with Gasteiger partial charge in [-0.05, 0) is 41.5 Å². The molecule has 0 aliphatic rings. The minimum Gasteiger partial charge on any atom is -0.481 e. The lowest BCUT2D eigenvalue weighted by Gasteiger charge is -2.27. The Morgan fingerprint density at radius 3 is 0.886 bits per heavy atom. The predicted octanol–water partition coefficient (Wildman–Crippen LogP) is -11.1. The van der Waals surface area contributed by atoms with Crippen LogP contribution >= 0.6 is 25.3 Å². The number of thiol groups is 2. The van der Waals surface area contributed by atoms with Crippen molar-refractivity contribution in [3.8, 4) is 0 Å². The second-order valence-electron chi connectivity index (χ2n) is 30.6. The zero-order valence-electron chi connectivity index (χ0n) is 71.3. The molecule has 2 aromatic carbocycles. The van der Waals surface area contributed by atoms with Gasteiger partial charge in [-0.3, -0.25) is 91.1 Å². The maximum atomic E-state index is 14.5. The van der Waals surface area contributed by atoms with Crippen LogP contribution in [0.3, 0.4) is 0 Å². The highest BCUT2D eigenvalue weighted by Crippen LogP contribution is 2.23. The Morgan fingerprint density at radius 1 is 0.318 bits per heavy atom. The molecule has 0 heterocycles. The Balaban J connectivity index is 0.00000201. The lowest BCUT2D eigenvalue weighted by Crippen LogP contribution is -2.50. The summed E-state index contributed by atoms with van der Waals surface area (Å²) in [6.07, 6.45) is -33.3. The first-order chi connectivity index (χ1) is 62.0. The van der Waals surface area contributed by atoms with E-state index in [9.17, 15) is 172 Å². The fraction of sp³-hybridized carbons (Fsp3) is 0.600. The van der Waals surface area contributed by atoms with E-state index in [1.807, 2.05) is 0 Å². The summed E-state index contributed by atoms with van der Waals surface area (Å²) in [5.74, 6) is -31.1. The summed E-state index contributed by atoms with van der Waals surface area (Å²) in [7, 11) is 0. The van der Waals surface area contributed by atoms with E-state index in [-0.39, 0.29) is 25.3 Å². The highest BCUT2D eigenvalue weighted by atomic mass is 32.1. The van der Waals surface area contributed by atoms with Gasteiger partial charge in [-0.15, -0.1) is 0 Å². The number of Topliss-reactive ketones (excluding diaryl/α,β-unsaturated/α-hetero) is 4. The second-order valence-corrected chi connectivity index (χ2v) is 31.3. The zero-order chi connectivity index (χ0) is 100. The van der Waals surface area contributed by atoms with Crippen LogP contribution in [0.15, 0.2) is 48.5 Å². The van der Waals surface area contributed by atoms with Crippen LogP contribution in [0.2, 0.25) is 0 Å². The van der Waals surface area contributed by atoms with E-state index < -0.39 is 375 Å². The van der Waals surface area contributed by atoms with E-state index in [1.54, 1.807) is 36.4 Å². The molecule has 0 saturated carbocycles. The average Bonchev–Trinajstić information content (AvgIpc) is 0.860. The van der Waals surface area contributed by atoms with Crippen molar-refractivity contribution >= 4 is 144 Å². The topological polar surface area (TPSA) is 866 Å². The number of carbonyl (C=O) groups is 20. The number of hydrogen-bond acceptors (Lipinski definition) is 36. The van der Waals surface area contributed by atoms with Gasteiger partial charge in [-0.2, -0.15) is 25.3 Å². The average molecular weight is 1920 g/mol. The second kappa shape index (κ2) is 63.0. The first kappa shape index (κ1) is 119. The molecule has 132 heavy (non-hydrogen) atoms. The minimum absolute atomic E-state index is 0.119. The molecule has 30 N–H and O–H groups in total. The van der Waals surface area contributed by atoms with Crippen molar-refractivity contribution in [2.24, 2.45) is 29.6 Å². The molecule has 0 fully saturated rings. The van der Waals surface area contributed by atoms with E-state index >= 15 is 0 Å². The van der Waals surface area contributed by atoms with Gasteiger partial charge < -0.3 is 155 Å². The number of aliphatic hydroxyl groups is 14. The smallest absolute Gasteiger partial charge is 0.327 e. The summed E-state index contributed by atoms with van der Waals surface area (Å²) in [6.45, 7) is -3.52. The minimum atomic E-state index is -2.18. The lowest BCUT2D eigenvalue weighted by atomic mass is 9.90. The van der Waals surface area contributed by atoms with Crippen LogP contribution in [0, 0.1) is 29.6 Å². The summed E-state index contributed by atoms with van der Waals surface area (Å²) in [5, 5.41) is 218. The molecule has 0 aliphatic carbocycles. The van der Waals surface area contributed by atoms with E-state index in [0.717, 1.165) is 5.56 Å². The number of carbonyl (C=O) groups excluding carboxylic acids is 14. The molecule has 2 aromatic rings. The molecule has 0 bridgehead atoms. The molecule has 0 spiro atoms. The number of aliphatic hydroxyl groups excluding tert-OH is 14. The summed E-state index contributed by atoms with van der Waals surface area (Å²) in [5.41, 5.74) is 2.28. The van der Waals surface area contributed by atoms with Crippen LogP contribution in [0.4, 0.5) is 0 Å².